The molecular formula is C12H16ClNO4S2. The van der Waals surface area contributed by atoms with Crippen molar-refractivity contribution in [2.45, 2.75) is 36.1 Å². The van der Waals surface area contributed by atoms with Crippen molar-refractivity contribution in [1.82, 2.24) is 4.31 Å². The van der Waals surface area contributed by atoms with Gasteiger partial charge < -0.3 is 0 Å². The molecule has 20 heavy (non-hydrogen) atoms. The lowest BCUT2D eigenvalue weighted by atomic mass is 10.1. The van der Waals surface area contributed by atoms with Crippen LogP contribution in [0.25, 0.3) is 0 Å². The zero-order valence-electron chi connectivity index (χ0n) is 11.2. The van der Waals surface area contributed by atoms with E-state index in [4.69, 9.17) is 10.7 Å². The predicted octanol–water partition coefficient (Wildman–Crippen LogP) is 2.03. The van der Waals surface area contributed by atoms with Crippen LogP contribution in [0, 0.1) is 5.92 Å². The molecule has 1 aromatic carbocycles. The molecule has 0 spiro atoms. The van der Waals surface area contributed by atoms with Gasteiger partial charge in [-0.3, -0.25) is 0 Å². The highest BCUT2D eigenvalue weighted by molar-refractivity contribution is 8.14. The van der Waals surface area contributed by atoms with Crippen molar-refractivity contribution in [3.63, 3.8) is 0 Å². The Bertz CT molecular complexity index is 715. The van der Waals surface area contributed by atoms with Crippen molar-refractivity contribution >= 4 is 29.8 Å². The molecule has 5 nitrogen and oxygen atoms in total. The molecule has 2 unspecified atom stereocenters. The van der Waals surface area contributed by atoms with Crippen LogP contribution < -0.4 is 0 Å². The summed E-state index contributed by atoms with van der Waals surface area (Å²) in [7, 11) is -2.64. The van der Waals surface area contributed by atoms with Crippen molar-refractivity contribution in [3.8, 4) is 0 Å². The van der Waals surface area contributed by atoms with Crippen LogP contribution in [-0.4, -0.2) is 33.7 Å². The van der Waals surface area contributed by atoms with Crippen molar-refractivity contribution in [2.75, 3.05) is 6.54 Å². The SMILES string of the molecule is CC1CC(C)N(S(=O)(=O)c2ccccc2S(=O)(=O)Cl)C1. The molecule has 0 amide bonds. The van der Waals surface area contributed by atoms with Crippen molar-refractivity contribution in [1.29, 1.82) is 0 Å². The van der Waals surface area contributed by atoms with E-state index >= 15 is 0 Å². The van der Waals surface area contributed by atoms with Gasteiger partial charge in [0.25, 0.3) is 9.05 Å². The molecule has 0 aliphatic carbocycles. The molecule has 0 bridgehead atoms. The first-order valence-corrected chi connectivity index (χ1v) is 9.94. The maximum atomic E-state index is 12.7. The molecule has 0 saturated carbocycles. The first kappa shape index (κ1) is 15.8. The zero-order valence-corrected chi connectivity index (χ0v) is 13.5. The number of hydrogen-bond donors (Lipinski definition) is 0. The molecule has 1 saturated heterocycles. The van der Waals surface area contributed by atoms with Gasteiger partial charge in [-0.1, -0.05) is 19.1 Å². The highest BCUT2D eigenvalue weighted by atomic mass is 35.7. The molecule has 8 heteroatoms. The Morgan fingerprint density at radius 2 is 1.65 bits per heavy atom. The van der Waals surface area contributed by atoms with Crippen LogP contribution in [-0.2, 0) is 19.1 Å². The molecule has 1 heterocycles. The quantitative estimate of drug-likeness (QED) is 0.791. The Kier molecular flexibility index (Phi) is 4.17. The van der Waals surface area contributed by atoms with Gasteiger partial charge in [-0.15, -0.1) is 0 Å². The first-order chi connectivity index (χ1) is 9.14. The minimum Gasteiger partial charge on any atom is -0.207 e. The Morgan fingerprint density at radius 3 is 2.10 bits per heavy atom. The lowest BCUT2D eigenvalue weighted by Gasteiger charge is -2.22. The van der Waals surface area contributed by atoms with Gasteiger partial charge in [-0.25, -0.2) is 16.8 Å². The van der Waals surface area contributed by atoms with E-state index in [2.05, 4.69) is 0 Å². The molecule has 112 valence electrons. The molecule has 1 aliphatic heterocycles. The molecule has 0 N–H and O–H groups in total. The molecule has 2 atom stereocenters. The number of sulfonamides is 1. The number of benzene rings is 1. The van der Waals surface area contributed by atoms with Gasteiger partial charge in [0.1, 0.15) is 9.79 Å². The average Bonchev–Trinajstić information content (AvgIpc) is 2.68. The molecule has 0 aromatic heterocycles. The van der Waals surface area contributed by atoms with E-state index in [-0.39, 0.29) is 21.8 Å². The lowest BCUT2D eigenvalue weighted by molar-refractivity contribution is 0.404. The summed E-state index contributed by atoms with van der Waals surface area (Å²) in [6, 6.07) is 5.27. The smallest absolute Gasteiger partial charge is 0.207 e. The fourth-order valence-electron chi connectivity index (χ4n) is 2.59. The molecule has 0 radical (unpaired) electrons. The van der Waals surface area contributed by atoms with Crippen LogP contribution >= 0.6 is 10.7 Å². The largest absolute Gasteiger partial charge is 0.262 e. The van der Waals surface area contributed by atoms with Crippen molar-refractivity contribution in [3.05, 3.63) is 24.3 Å². The lowest BCUT2D eigenvalue weighted by Crippen LogP contribution is -2.34. The maximum Gasteiger partial charge on any atom is 0.262 e. The van der Waals surface area contributed by atoms with Gasteiger partial charge in [0.2, 0.25) is 10.0 Å². The van der Waals surface area contributed by atoms with E-state index in [0.29, 0.717) is 6.54 Å². The third-order valence-corrected chi connectivity index (χ3v) is 6.97. The van der Waals surface area contributed by atoms with E-state index in [9.17, 15) is 16.8 Å². The van der Waals surface area contributed by atoms with Crippen molar-refractivity contribution < 1.29 is 16.8 Å². The molecule has 1 aromatic rings. The predicted molar refractivity (Wildman–Crippen MR) is 76.6 cm³/mol. The summed E-state index contributed by atoms with van der Waals surface area (Å²) >= 11 is 0. The normalized spacial score (nSPS) is 24.9. The summed E-state index contributed by atoms with van der Waals surface area (Å²) < 4.78 is 49.8. The van der Waals surface area contributed by atoms with Crippen LogP contribution in [0.5, 0.6) is 0 Å². The molecular weight excluding hydrogens is 322 g/mol. The summed E-state index contributed by atoms with van der Waals surface area (Å²) in [6.45, 7) is 4.18. The monoisotopic (exact) mass is 337 g/mol. The van der Waals surface area contributed by atoms with Crippen molar-refractivity contribution in [2.24, 2.45) is 5.92 Å². The van der Waals surface area contributed by atoms with Crippen LogP contribution in [0.15, 0.2) is 34.1 Å². The summed E-state index contributed by atoms with van der Waals surface area (Å²) in [6.07, 6.45) is 0.759. The molecule has 2 rings (SSSR count). The molecule has 1 fully saturated rings. The summed E-state index contributed by atoms with van der Waals surface area (Å²) in [5.41, 5.74) is 0. The maximum absolute atomic E-state index is 12.7. The van der Waals surface area contributed by atoms with Gasteiger partial charge >= 0.3 is 0 Å². The first-order valence-electron chi connectivity index (χ1n) is 6.19. The van der Waals surface area contributed by atoms with Crippen LogP contribution in [0.3, 0.4) is 0 Å². The second-order valence-electron chi connectivity index (χ2n) is 5.15. The second kappa shape index (κ2) is 5.29. The zero-order chi connectivity index (χ0) is 15.1. The number of rotatable bonds is 3. The fourth-order valence-corrected chi connectivity index (χ4v) is 6.16. The van der Waals surface area contributed by atoms with Gasteiger partial charge in [0.05, 0.1) is 0 Å². The van der Waals surface area contributed by atoms with Crippen LogP contribution in [0.4, 0.5) is 0 Å². The second-order valence-corrected chi connectivity index (χ2v) is 9.54. The molecule has 1 aliphatic rings. The fraction of sp³-hybridized carbons (Fsp3) is 0.500. The number of hydrogen-bond acceptors (Lipinski definition) is 4. The highest BCUT2D eigenvalue weighted by Gasteiger charge is 2.38. The Hall–Kier alpha value is -0.630. The van der Waals surface area contributed by atoms with Crippen LogP contribution in [0.2, 0.25) is 0 Å². The van der Waals surface area contributed by atoms with E-state index in [1.807, 2.05) is 13.8 Å². The Balaban J connectivity index is 2.57. The number of halogens is 1. The Labute approximate surface area is 124 Å². The highest BCUT2D eigenvalue weighted by Crippen LogP contribution is 2.32. The summed E-state index contributed by atoms with van der Waals surface area (Å²) in [4.78, 5) is -0.621. The van der Waals surface area contributed by atoms with E-state index < -0.39 is 19.1 Å². The van der Waals surface area contributed by atoms with Gasteiger partial charge in [-0.2, -0.15) is 4.31 Å². The minimum atomic E-state index is -4.11. The van der Waals surface area contributed by atoms with Crippen LogP contribution in [0.1, 0.15) is 20.3 Å². The summed E-state index contributed by atoms with van der Waals surface area (Å²) in [5.74, 6) is 0.250. The Morgan fingerprint density at radius 1 is 1.10 bits per heavy atom. The average molecular weight is 338 g/mol. The minimum absolute atomic E-state index is 0.152. The summed E-state index contributed by atoms with van der Waals surface area (Å²) in [5, 5.41) is 0. The van der Waals surface area contributed by atoms with Gasteiger partial charge in [0, 0.05) is 23.3 Å². The van der Waals surface area contributed by atoms with Gasteiger partial charge in [-0.05, 0) is 31.4 Å². The third kappa shape index (κ3) is 2.86. The third-order valence-electron chi connectivity index (χ3n) is 3.43. The standard InChI is InChI=1S/C12H16ClNO4S2/c1-9-7-10(2)14(8-9)20(17,18)12-6-4-3-5-11(12)19(13,15)16/h3-6,9-10H,7-8H2,1-2H3. The topological polar surface area (TPSA) is 71.5 Å². The van der Waals surface area contributed by atoms with E-state index in [1.165, 1.54) is 28.6 Å². The van der Waals surface area contributed by atoms with E-state index in [0.717, 1.165) is 6.42 Å². The van der Waals surface area contributed by atoms with Gasteiger partial charge in [0.15, 0.2) is 0 Å². The van der Waals surface area contributed by atoms with E-state index in [1.54, 1.807) is 0 Å². The number of nitrogens with zero attached hydrogens (tertiary/aromatic N) is 1.